The summed E-state index contributed by atoms with van der Waals surface area (Å²) < 4.78 is 0.787. The lowest BCUT2D eigenvalue weighted by Gasteiger charge is -2.14. The normalized spacial score (nSPS) is 12.4. The smallest absolute Gasteiger partial charge is 0.129 e. The molecule has 1 heterocycles. The van der Waals surface area contributed by atoms with Gasteiger partial charge in [0.15, 0.2) is 0 Å². The van der Waals surface area contributed by atoms with Gasteiger partial charge in [-0.15, -0.1) is 0 Å². The SMILES string of the molecule is Cc1cnc(N)c(C(O)c2ccc(Br)c(Cl)c2)c1. The summed E-state index contributed by atoms with van der Waals surface area (Å²) in [7, 11) is 0. The van der Waals surface area contributed by atoms with Crippen LogP contribution in [0, 0.1) is 6.92 Å². The molecule has 2 rings (SSSR count). The third-order valence-electron chi connectivity index (χ3n) is 2.64. The van der Waals surface area contributed by atoms with Gasteiger partial charge in [-0.05, 0) is 52.2 Å². The summed E-state index contributed by atoms with van der Waals surface area (Å²) in [5.41, 5.74) is 8.00. The minimum Gasteiger partial charge on any atom is -0.384 e. The van der Waals surface area contributed by atoms with Crippen LogP contribution < -0.4 is 5.73 Å². The van der Waals surface area contributed by atoms with Crippen LogP contribution in [0.5, 0.6) is 0 Å². The first-order valence-electron chi connectivity index (χ1n) is 5.34. The molecule has 0 saturated carbocycles. The van der Waals surface area contributed by atoms with E-state index in [1.165, 1.54) is 0 Å². The van der Waals surface area contributed by atoms with E-state index < -0.39 is 6.10 Å². The van der Waals surface area contributed by atoms with Crippen molar-refractivity contribution in [2.75, 3.05) is 5.73 Å². The van der Waals surface area contributed by atoms with Crippen LogP contribution in [0.25, 0.3) is 0 Å². The average Bonchev–Trinajstić information content (AvgIpc) is 2.35. The number of halogens is 2. The van der Waals surface area contributed by atoms with Crippen LogP contribution in [0.3, 0.4) is 0 Å². The van der Waals surface area contributed by atoms with Crippen molar-refractivity contribution < 1.29 is 5.11 Å². The van der Waals surface area contributed by atoms with Crippen molar-refractivity contribution in [2.24, 2.45) is 0 Å². The van der Waals surface area contributed by atoms with Crippen molar-refractivity contribution in [2.45, 2.75) is 13.0 Å². The molecule has 3 N–H and O–H groups in total. The number of aliphatic hydroxyl groups is 1. The van der Waals surface area contributed by atoms with Crippen molar-refractivity contribution >= 4 is 33.3 Å². The maximum absolute atomic E-state index is 10.3. The molecule has 0 radical (unpaired) electrons. The highest BCUT2D eigenvalue weighted by Crippen LogP contribution is 2.30. The van der Waals surface area contributed by atoms with E-state index in [-0.39, 0.29) is 0 Å². The molecule has 0 spiro atoms. The van der Waals surface area contributed by atoms with Gasteiger partial charge in [-0.3, -0.25) is 0 Å². The zero-order valence-electron chi connectivity index (χ0n) is 9.69. The highest BCUT2D eigenvalue weighted by Gasteiger charge is 2.15. The molecule has 18 heavy (non-hydrogen) atoms. The zero-order chi connectivity index (χ0) is 13.3. The van der Waals surface area contributed by atoms with E-state index in [2.05, 4.69) is 20.9 Å². The molecule has 0 bridgehead atoms. The summed E-state index contributed by atoms with van der Waals surface area (Å²) in [5.74, 6) is 0.326. The van der Waals surface area contributed by atoms with E-state index in [0.29, 0.717) is 22.0 Å². The second-order valence-electron chi connectivity index (χ2n) is 4.06. The molecular weight excluding hydrogens is 316 g/mol. The molecule has 0 fully saturated rings. The van der Waals surface area contributed by atoms with E-state index >= 15 is 0 Å². The third kappa shape index (κ3) is 2.66. The number of nitrogens with two attached hydrogens (primary N) is 1. The van der Waals surface area contributed by atoms with Gasteiger partial charge >= 0.3 is 0 Å². The van der Waals surface area contributed by atoms with Gasteiger partial charge in [0.2, 0.25) is 0 Å². The van der Waals surface area contributed by atoms with E-state index in [1.54, 1.807) is 24.4 Å². The second-order valence-corrected chi connectivity index (χ2v) is 5.32. The summed E-state index contributed by atoms with van der Waals surface area (Å²) in [6.45, 7) is 1.90. The Balaban J connectivity index is 2.44. The number of aryl methyl sites for hydroxylation is 1. The maximum Gasteiger partial charge on any atom is 0.129 e. The lowest BCUT2D eigenvalue weighted by Crippen LogP contribution is -2.06. The van der Waals surface area contributed by atoms with Gasteiger partial charge in [0.1, 0.15) is 11.9 Å². The molecule has 1 unspecified atom stereocenters. The fourth-order valence-electron chi connectivity index (χ4n) is 1.68. The van der Waals surface area contributed by atoms with Gasteiger partial charge in [-0.1, -0.05) is 17.7 Å². The second kappa shape index (κ2) is 5.26. The molecule has 0 aliphatic carbocycles. The van der Waals surface area contributed by atoms with Crippen LogP contribution in [0.2, 0.25) is 5.02 Å². The number of nitrogens with zero attached hydrogens (tertiary/aromatic N) is 1. The Morgan fingerprint density at radius 3 is 2.78 bits per heavy atom. The molecule has 0 saturated heterocycles. The van der Waals surface area contributed by atoms with Crippen molar-refractivity contribution in [1.82, 2.24) is 4.98 Å². The summed E-state index contributed by atoms with van der Waals surface area (Å²) in [6, 6.07) is 7.11. The molecule has 0 aliphatic rings. The molecule has 1 aromatic heterocycles. The summed E-state index contributed by atoms with van der Waals surface area (Å²) >= 11 is 9.32. The van der Waals surface area contributed by atoms with Crippen LogP contribution in [0.15, 0.2) is 34.9 Å². The van der Waals surface area contributed by atoms with Crippen LogP contribution in [-0.2, 0) is 0 Å². The highest BCUT2D eigenvalue weighted by molar-refractivity contribution is 9.10. The number of aliphatic hydroxyl groups excluding tert-OH is 1. The molecule has 0 amide bonds. The van der Waals surface area contributed by atoms with Crippen molar-refractivity contribution in [3.05, 3.63) is 56.6 Å². The quantitative estimate of drug-likeness (QED) is 0.888. The lowest BCUT2D eigenvalue weighted by atomic mass is 10.0. The van der Waals surface area contributed by atoms with E-state index in [9.17, 15) is 5.11 Å². The van der Waals surface area contributed by atoms with E-state index in [0.717, 1.165) is 10.0 Å². The van der Waals surface area contributed by atoms with Crippen molar-refractivity contribution in [1.29, 1.82) is 0 Å². The van der Waals surface area contributed by atoms with Gasteiger partial charge in [0.25, 0.3) is 0 Å². The van der Waals surface area contributed by atoms with Crippen LogP contribution >= 0.6 is 27.5 Å². The molecule has 94 valence electrons. The minimum atomic E-state index is -0.831. The molecule has 1 atom stereocenters. The molecular formula is C13H12BrClN2O. The first-order valence-corrected chi connectivity index (χ1v) is 6.51. The third-order valence-corrected chi connectivity index (χ3v) is 3.87. The zero-order valence-corrected chi connectivity index (χ0v) is 12.0. The molecule has 5 heteroatoms. The number of nitrogen functional groups attached to an aromatic ring is 1. The average molecular weight is 328 g/mol. The first-order chi connectivity index (χ1) is 8.49. The van der Waals surface area contributed by atoms with Gasteiger partial charge in [-0.2, -0.15) is 0 Å². The maximum atomic E-state index is 10.3. The van der Waals surface area contributed by atoms with E-state index in [4.69, 9.17) is 17.3 Å². The number of aromatic nitrogens is 1. The topological polar surface area (TPSA) is 59.1 Å². The first kappa shape index (κ1) is 13.3. The number of rotatable bonds is 2. The molecule has 1 aromatic carbocycles. The largest absolute Gasteiger partial charge is 0.384 e. The van der Waals surface area contributed by atoms with Gasteiger partial charge in [-0.25, -0.2) is 4.98 Å². The Morgan fingerprint density at radius 2 is 2.11 bits per heavy atom. The van der Waals surface area contributed by atoms with Crippen molar-refractivity contribution in [3.8, 4) is 0 Å². The Kier molecular flexibility index (Phi) is 3.90. The van der Waals surface area contributed by atoms with Crippen LogP contribution in [0.4, 0.5) is 5.82 Å². The predicted molar refractivity (Wildman–Crippen MR) is 76.6 cm³/mol. The number of hydrogen-bond donors (Lipinski definition) is 2. The number of anilines is 1. The Bertz CT molecular complexity index is 589. The predicted octanol–water partition coefficient (Wildman–Crippen LogP) is 3.47. The molecule has 2 aromatic rings. The van der Waals surface area contributed by atoms with Gasteiger partial charge < -0.3 is 10.8 Å². The summed E-state index contributed by atoms with van der Waals surface area (Å²) in [4.78, 5) is 4.04. The van der Waals surface area contributed by atoms with Crippen LogP contribution in [-0.4, -0.2) is 10.1 Å². The Morgan fingerprint density at radius 1 is 1.39 bits per heavy atom. The highest BCUT2D eigenvalue weighted by atomic mass is 79.9. The minimum absolute atomic E-state index is 0.326. The standard InChI is InChI=1S/C13H12BrClN2O/c1-7-4-9(13(16)17-6-7)12(18)8-2-3-10(14)11(15)5-8/h2-6,12,18H,1H3,(H2,16,17). The summed E-state index contributed by atoms with van der Waals surface area (Å²) in [6.07, 6.45) is 0.836. The van der Waals surface area contributed by atoms with Gasteiger partial charge in [0.05, 0.1) is 5.02 Å². The lowest BCUT2D eigenvalue weighted by molar-refractivity contribution is 0.220. The van der Waals surface area contributed by atoms with E-state index in [1.807, 2.05) is 13.0 Å². The number of pyridine rings is 1. The molecule has 3 nitrogen and oxygen atoms in total. The van der Waals surface area contributed by atoms with Gasteiger partial charge in [0, 0.05) is 16.2 Å². The Labute approximate surface area is 119 Å². The Hall–Kier alpha value is -1.10. The van der Waals surface area contributed by atoms with Crippen LogP contribution in [0.1, 0.15) is 22.8 Å². The molecule has 0 aliphatic heterocycles. The number of benzene rings is 1. The van der Waals surface area contributed by atoms with Crippen molar-refractivity contribution in [3.63, 3.8) is 0 Å². The monoisotopic (exact) mass is 326 g/mol. The summed E-state index contributed by atoms with van der Waals surface area (Å²) in [5, 5.41) is 10.9. The number of hydrogen-bond acceptors (Lipinski definition) is 3. The fourth-order valence-corrected chi connectivity index (χ4v) is 2.12. The fraction of sp³-hybridized carbons (Fsp3) is 0.154.